The fourth-order valence-corrected chi connectivity index (χ4v) is 3.06. The Morgan fingerprint density at radius 2 is 2.00 bits per heavy atom. The van der Waals surface area contributed by atoms with E-state index >= 15 is 0 Å². The van der Waals surface area contributed by atoms with E-state index in [9.17, 15) is 23.4 Å². The van der Waals surface area contributed by atoms with Crippen molar-refractivity contribution in [1.82, 2.24) is 4.90 Å². The molecule has 2 rings (SSSR count). The summed E-state index contributed by atoms with van der Waals surface area (Å²) in [4.78, 5) is 2.02. The number of hydrogen-bond donors (Lipinski definition) is 2. The average Bonchev–Trinajstić information content (AvgIpc) is 2.46. The molecule has 1 fully saturated rings. The molecule has 1 aromatic carbocycles. The third-order valence-corrected chi connectivity index (χ3v) is 4.11. The molecule has 0 unspecified atom stereocenters. The van der Waals surface area contributed by atoms with E-state index < -0.39 is 17.8 Å². The summed E-state index contributed by atoms with van der Waals surface area (Å²) in [6.45, 7) is 1.95. The van der Waals surface area contributed by atoms with E-state index in [4.69, 9.17) is 0 Å². The second-order valence-electron chi connectivity index (χ2n) is 5.96. The van der Waals surface area contributed by atoms with E-state index in [2.05, 4.69) is 0 Å². The van der Waals surface area contributed by atoms with Gasteiger partial charge in [0.05, 0.1) is 11.7 Å². The summed E-state index contributed by atoms with van der Waals surface area (Å²) < 4.78 is 38.8. The number of hydrogen-bond acceptors (Lipinski definition) is 3. The predicted octanol–water partition coefficient (Wildman–Crippen LogP) is 2.31. The standard InChI is InChI=1S/C16H22F3NO2/c17-16(18,19)15-6-2-1-5-13(15)8-14(22)10-20-7-3-4-12(9-20)11-21/h1-2,5-6,12,14,21-22H,3-4,7-11H2/t12-,14+/m0/s1. The Labute approximate surface area is 128 Å². The van der Waals surface area contributed by atoms with E-state index in [0.717, 1.165) is 25.5 Å². The van der Waals surface area contributed by atoms with Crippen LogP contribution in [0.15, 0.2) is 24.3 Å². The fraction of sp³-hybridized carbons (Fsp3) is 0.625. The van der Waals surface area contributed by atoms with Gasteiger partial charge >= 0.3 is 6.18 Å². The van der Waals surface area contributed by atoms with Gasteiger partial charge in [-0.2, -0.15) is 13.2 Å². The summed E-state index contributed by atoms with van der Waals surface area (Å²) in [7, 11) is 0. The number of halogens is 3. The third-order valence-electron chi connectivity index (χ3n) is 4.11. The quantitative estimate of drug-likeness (QED) is 0.876. The van der Waals surface area contributed by atoms with Crippen LogP contribution in [0.5, 0.6) is 0 Å². The van der Waals surface area contributed by atoms with E-state index in [0.29, 0.717) is 13.1 Å². The Morgan fingerprint density at radius 1 is 1.27 bits per heavy atom. The number of alkyl halides is 3. The third kappa shape index (κ3) is 4.69. The highest BCUT2D eigenvalue weighted by Crippen LogP contribution is 2.32. The maximum atomic E-state index is 12.9. The first-order valence-corrected chi connectivity index (χ1v) is 7.56. The molecule has 6 heteroatoms. The molecule has 124 valence electrons. The summed E-state index contributed by atoms with van der Waals surface area (Å²) in [6, 6.07) is 5.37. The van der Waals surface area contributed by atoms with Gasteiger partial charge in [-0.25, -0.2) is 0 Å². The summed E-state index contributed by atoms with van der Waals surface area (Å²) in [5.41, 5.74) is -0.556. The number of piperidine rings is 1. The van der Waals surface area contributed by atoms with Crippen LogP contribution in [0.3, 0.4) is 0 Å². The molecule has 1 aliphatic heterocycles. The van der Waals surface area contributed by atoms with Crippen molar-refractivity contribution in [3.05, 3.63) is 35.4 Å². The first-order chi connectivity index (χ1) is 10.4. The minimum atomic E-state index is -4.40. The lowest BCUT2D eigenvalue weighted by Crippen LogP contribution is -2.41. The highest BCUT2D eigenvalue weighted by molar-refractivity contribution is 5.30. The van der Waals surface area contributed by atoms with Gasteiger partial charge in [0.2, 0.25) is 0 Å². The van der Waals surface area contributed by atoms with Gasteiger partial charge in [-0.3, -0.25) is 0 Å². The van der Waals surface area contributed by atoms with Crippen LogP contribution < -0.4 is 0 Å². The molecule has 0 amide bonds. The van der Waals surface area contributed by atoms with Crippen molar-refractivity contribution in [2.45, 2.75) is 31.5 Å². The Kier molecular flexibility index (Phi) is 5.83. The zero-order chi connectivity index (χ0) is 16.2. The fourth-order valence-electron chi connectivity index (χ4n) is 3.06. The number of β-amino-alcohol motifs (C(OH)–C–C–N with tert-alkyl or cyclic N) is 1. The maximum absolute atomic E-state index is 12.9. The van der Waals surface area contributed by atoms with Crippen LogP contribution in [0.25, 0.3) is 0 Å². The largest absolute Gasteiger partial charge is 0.416 e. The lowest BCUT2D eigenvalue weighted by atomic mass is 9.97. The topological polar surface area (TPSA) is 43.7 Å². The summed E-state index contributed by atoms with van der Waals surface area (Å²) in [6.07, 6.45) is -3.36. The van der Waals surface area contributed by atoms with E-state index in [1.54, 1.807) is 6.07 Å². The highest BCUT2D eigenvalue weighted by atomic mass is 19.4. The second-order valence-corrected chi connectivity index (χ2v) is 5.96. The zero-order valence-corrected chi connectivity index (χ0v) is 12.4. The number of benzene rings is 1. The first kappa shape index (κ1) is 17.2. The Bertz CT molecular complexity index is 479. The van der Waals surface area contributed by atoms with Crippen molar-refractivity contribution in [1.29, 1.82) is 0 Å². The Balaban J connectivity index is 1.96. The molecular weight excluding hydrogens is 295 g/mol. The van der Waals surface area contributed by atoms with E-state index in [1.807, 2.05) is 4.90 Å². The molecule has 2 N–H and O–H groups in total. The van der Waals surface area contributed by atoms with Gasteiger partial charge in [0, 0.05) is 26.1 Å². The van der Waals surface area contributed by atoms with Crippen molar-refractivity contribution in [2.75, 3.05) is 26.2 Å². The smallest absolute Gasteiger partial charge is 0.396 e. The van der Waals surface area contributed by atoms with Gasteiger partial charge in [-0.15, -0.1) is 0 Å². The SMILES string of the molecule is OC[C@H]1CCCN(C[C@H](O)Cc2ccccc2C(F)(F)F)C1. The molecule has 3 nitrogen and oxygen atoms in total. The van der Waals surface area contributed by atoms with Gasteiger partial charge < -0.3 is 15.1 Å². The lowest BCUT2D eigenvalue weighted by Gasteiger charge is -2.33. The molecule has 0 aromatic heterocycles. The van der Waals surface area contributed by atoms with Gasteiger partial charge in [0.1, 0.15) is 0 Å². The molecular formula is C16H22F3NO2. The lowest BCUT2D eigenvalue weighted by molar-refractivity contribution is -0.138. The van der Waals surface area contributed by atoms with E-state index in [-0.39, 0.29) is 24.5 Å². The van der Waals surface area contributed by atoms with Crippen molar-refractivity contribution in [3.8, 4) is 0 Å². The predicted molar refractivity (Wildman–Crippen MR) is 77.4 cm³/mol. The van der Waals surface area contributed by atoms with Crippen molar-refractivity contribution in [2.24, 2.45) is 5.92 Å². The maximum Gasteiger partial charge on any atom is 0.416 e. The number of rotatable bonds is 5. The molecule has 1 aromatic rings. The van der Waals surface area contributed by atoms with Crippen LogP contribution >= 0.6 is 0 Å². The molecule has 0 radical (unpaired) electrons. The number of nitrogens with zero attached hydrogens (tertiary/aromatic N) is 1. The number of aliphatic hydroxyl groups excluding tert-OH is 2. The molecule has 1 heterocycles. The summed E-state index contributed by atoms with van der Waals surface area (Å²) in [5.74, 6) is 0.198. The monoisotopic (exact) mass is 317 g/mol. The minimum Gasteiger partial charge on any atom is -0.396 e. The summed E-state index contributed by atoms with van der Waals surface area (Å²) >= 11 is 0. The number of likely N-dealkylation sites (tertiary alicyclic amines) is 1. The van der Waals surface area contributed by atoms with E-state index in [1.165, 1.54) is 12.1 Å². The minimum absolute atomic E-state index is 0.0179. The Morgan fingerprint density at radius 3 is 2.68 bits per heavy atom. The molecule has 0 bridgehead atoms. The average molecular weight is 317 g/mol. The zero-order valence-electron chi connectivity index (χ0n) is 12.4. The van der Waals surface area contributed by atoms with Crippen LogP contribution in [-0.2, 0) is 12.6 Å². The van der Waals surface area contributed by atoms with Crippen molar-refractivity contribution < 1.29 is 23.4 Å². The number of aliphatic hydroxyl groups is 2. The van der Waals surface area contributed by atoms with Gasteiger partial charge in [0.15, 0.2) is 0 Å². The Hall–Kier alpha value is -1.11. The van der Waals surface area contributed by atoms with Crippen LogP contribution in [0, 0.1) is 5.92 Å². The molecule has 22 heavy (non-hydrogen) atoms. The highest BCUT2D eigenvalue weighted by Gasteiger charge is 2.33. The van der Waals surface area contributed by atoms with Gasteiger partial charge in [-0.05, 0) is 36.9 Å². The van der Waals surface area contributed by atoms with Crippen LogP contribution in [0.2, 0.25) is 0 Å². The molecule has 0 spiro atoms. The second kappa shape index (κ2) is 7.44. The van der Waals surface area contributed by atoms with Gasteiger partial charge in [0.25, 0.3) is 0 Å². The van der Waals surface area contributed by atoms with Crippen LogP contribution in [-0.4, -0.2) is 47.5 Å². The normalized spacial score (nSPS) is 21.8. The molecule has 2 atom stereocenters. The molecule has 1 saturated heterocycles. The van der Waals surface area contributed by atoms with Crippen LogP contribution in [0.1, 0.15) is 24.0 Å². The van der Waals surface area contributed by atoms with Crippen molar-refractivity contribution >= 4 is 0 Å². The van der Waals surface area contributed by atoms with Crippen LogP contribution in [0.4, 0.5) is 13.2 Å². The van der Waals surface area contributed by atoms with Gasteiger partial charge in [-0.1, -0.05) is 18.2 Å². The molecule has 0 aliphatic carbocycles. The summed E-state index contributed by atoms with van der Waals surface area (Å²) in [5, 5.41) is 19.3. The first-order valence-electron chi connectivity index (χ1n) is 7.56. The van der Waals surface area contributed by atoms with Crippen molar-refractivity contribution in [3.63, 3.8) is 0 Å². The molecule has 1 aliphatic rings. The molecule has 0 saturated carbocycles.